The molecule has 1 aliphatic rings. The van der Waals surface area contributed by atoms with Crippen LogP contribution in [-0.2, 0) is 10.0 Å². The van der Waals surface area contributed by atoms with Gasteiger partial charge >= 0.3 is 0 Å². The normalized spacial score (nSPS) is 16.2. The summed E-state index contributed by atoms with van der Waals surface area (Å²) >= 11 is 12.5. The summed E-state index contributed by atoms with van der Waals surface area (Å²) in [5.41, 5.74) is 5.00. The molecule has 0 spiro atoms. The first-order valence-corrected chi connectivity index (χ1v) is 13.3. The number of hydrogen-bond acceptors (Lipinski definition) is 6. The Morgan fingerprint density at radius 1 is 1.14 bits per heavy atom. The first-order chi connectivity index (χ1) is 17.2. The predicted molar refractivity (Wildman–Crippen MR) is 138 cm³/mol. The molecule has 2 N–H and O–H groups in total. The number of halogens is 3. The Morgan fingerprint density at radius 2 is 1.89 bits per heavy atom. The summed E-state index contributed by atoms with van der Waals surface area (Å²) in [5.74, 6) is -0.101. The molecule has 36 heavy (non-hydrogen) atoms. The molecule has 1 aliphatic heterocycles. The van der Waals surface area contributed by atoms with Gasteiger partial charge in [-0.2, -0.15) is 9.82 Å². The SMILES string of the molecule is CCOc1ccc(C2CC(C(NS(=O)(=O)c3ccc(OC)c(F)c3)c3ccc(Cl)cc3Cl)=NN2)cc1. The van der Waals surface area contributed by atoms with E-state index in [1.165, 1.54) is 25.3 Å². The zero-order chi connectivity index (χ0) is 25.9. The standard InChI is InChI=1S/C25H24Cl2FN3O4S/c1-3-35-17-7-4-15(5-8-17)22-14-23(30-29-22)25(19-10-6-16(26)12-20(19)27)31-36(32,33)18-9-11-24(34-2)21(28)13-18/h4-13,22,25,29,31H,3,14H2,1-2H3. The highest BCUT2D eigenvalue weighted by molar-refractivity contribution is 7.89. The first-order valence-electron chi connectivity index (χ1n) is 11.1. The molecule has 0 saturated heterocycles. The van der Waals surface area contributed by atoms with Gasteiger partial charge in [0.15, 0.2) is 11.6 Å². The maximum atomic E-state index is 14.3. The molecule has 190 valence electrons. The lowest BCUT2D eigenvalue weighted by Crippen LogP contribution is -2.34. The third-order valence-electron chi connectivity index (χ3n) is 5.68. The maximum Gasteiger partial charge on any atom is 0.241 e. The van der Waals surface area contributed by atoms with Crippen LogP contribution in [0, 0.1) is 5.82 Å². The van der Waals surface area contributed by atoms with E-state index in [2.05, 4.69) is 15.2 Å². The fourth-order valence-corrected chi connectivity index (χ4v) is 5.62. The van der Waals surface area contributed by atoms with Crippen LogP contribution in [0.15, 0.2) is 70.7 Å². The van der Waals surface area contributed by atoms with Gasteiger partial charge in [0.25, 0.3) is 0 Å². The second-order valence-corrected chi connectivity index (χ2v) is 10.6. The summed E-state index contributed by atoms with van der Waals surface area (Å²) in [7, 11) is -2.87. The number of methoxy groups -OCH3 is 1. The first kappa shape index (κ1) is 26.2. The van der Waals surface area contributed by atoms with Gasteiger partial charge < -0.3 is 14.9 Å². The number of nitrogens with one attached hydrogen (secondary N) is 2. The Balaban J connectivity index is 1.64. The number of rotatable bonds is 9. The van der Waals surface area contributed by atoms with E-state index in [4.69, 9.17) is 32.7 Å². The summed E-state index contributed by atoms with van der Waals surface area (Å²) in [6.45, 7) is 2.48. The van der Waals surface area contributed by atoms with Crippen molar-refractivity contribution >= 4 is 38.9 Å². The highest BCUT2D eigenvalue weighted by atomic mass is 35.5. The Morgan fingerprint density at radius 3 is 2.53 bits per heavy atom. The van der Waals surface area contributed by atoms with Crippen LogP contribution >= 0.6 is 23.2 Å². The molecule has 7 nitrogen and oxygen atoms in total. The summed E-state index contributed by atoms with van der Waals surface area (Å²) in [6, 6.07) is 14.7. The lowest BCUT2D eigenvalue weighted by Gasteiger charge is -2.21. The molecule has 3 aromatic rings. The summed E-state index contributed by atoms with van der Waals surface area (Å²) < 4.78 is 53.8. The van der Waals surface area contributed by atoms with Gasteiger partial charge in [-0.15, -0.1) is 0 Å². The molecule has 2 atom stereocenters. The highest BCUT2D eigenvalue weighted by Gasteiger charge is 2.32. The summed E-state index contributed by atoms with van der Waals surface area (Å²) in [6.07, 6.45) is 0.400. The highest BCUT2D eigenvalue weighted by Crippen LogP contribution is 2.34. The topological polar surface area (TPSA) is 89.0 Å². The van der Waals surface area contributed by atoms with Crippen molar-refractivity contribution in [2.45, 2.75) is 30.3 Å². The van der Waals surface area contributed by atoms with Crippen molar-refractivity contribution in [3.05, 3.63) is 87.7 Å². The van der Waals surface area contributed by atoms with Crippen LogP contribution in [0.4, 0.5) is 4.39 Å². The average molecular weight is 552 g/mol. The van der Waals surface area contributed by atoms with Crippen molar-refractivity contribution in [1.82, 2.24) is 10.1 Å². The van der Waals surface area contributed by atoms with Crippen molar-refractivity contribution in [2.24, 2.45) is 5.10 Å². The van der Waals surface area contributed by atoms with E-state index in [0.29, 0.717) is 29.3 Å². The van der Waals surface area contributed by atoms with E-state index in [9.17, 15) is 12.8 Å². The van der Waals surface area contributed by atoms with Gasteiger partial charge in [-0.1, -0.05) is 41.4 Å². The predicted octanol–water partition coefficient (Wildman–Crippen LogP) is 5.65. The van der Waals surface area contributed by atoms with Crippen LogP contribution in [0.5, 0.6) is 11.5 Å². The molecule has 11 heteroatoms. The van der Waals surface area contributed by atoms with Crippen molar-refractivity contribution in [1.29, 1.82) is 0 Å². The van der Waals surface area contributed by atoms with Crippen molar-refractivity contribution in [3.8, 4) is 11.5 Å². The molecule has 0 bridgehead atoms. The smallest absolute Gasteiger partial charge is 0.241 e. The van der Waals surface area contributed by atoms with Crippen LogP contribution in [-0.4, -0.2) is 27.8 Å². The van der Waals surface area contributed by atoms with Crippen LogP contribution in [0.2, 0.25) is 10.0 Å². The van der Waals surface area contributed by atoms with Crippen molar-refractivity contribution in [2.75, 3.05) is 13.7 Å². The van der Waals surface area contributed by atoms with Crippen LogP contribution < -0.4 is 19.6 Å². The van der Waals surface area contributed by atoms with Crippen molar-refractivity contribution in [3.63, 3.8) is 0 Å². The average Bonchev–Trinajstić information content (AvgIpc) is 3.34. The third-order valence-corrected chi connectivity index (χ3v) is 7.67. The number of hydrogen-bond donors (Lipinski definition) is 2. The van der Waals surface area contributed by atoms with Gasteiger partial charge in [0, 0.05) is 16.5 Å². The second kappa shape index (κ2) is 11.0. The van der Waals surface area contributed by atoms with Crippen molar-refractivity contribution < 1.29 is 22.3 Å². The monoisotopic (exact) mass is 551 g/mol. The zero-order valence-electron chi connectivity index (χ0n) is 19.5. The molecule has 3 aromatic carbocycles. The molecule has 0 saturated carbocycles. The maximum absolute atomic E-state index is 14.3. The molecule has 1 heterocycles. The minimum Gasteiger partial charge on any atom is -0.494 e. The van der Waals surface area contributed by atoms with Gasteiger partial charge in [0.1, 0.15) is 5.75 Å². The molecule has 0 amide bonds. The number of benzene rings is 3. The van der Waals surface area contributed by atoms with Crippen LogP contribution in [0.25, 0.3) is 0 Å². The fourth-order valence-electron chi connectivity index (χ4n) is 3.88. The minimum atomic E-state index is -4.18. The van der Waals surface area contributed by atoms with Gasteiger partial charge in [-0.05, 0) is 60.5 Å². The Bertz CT molecular complexity index is 1380. The van der Waals surface area contributed by atoms with E-state index in [1.807, 2.05) is 31.2 Å². The summed E-state index contributed by atoms with van der Waals surface area (Å²) in [4.78, 5) is -0.259. The molecular weight excluding hydrogens is 528 g/mol. The van der Waals surface area contributed by atoms with E-state index in [-0.39, 0.29) is 21.7 Å². The van der Waals surface area contributed by atoms with Gasteiger partial charge in [-0.25, -0.2) is 12.8 Å². The number of nitrogens with zero attached hydrogens (tertiary/aromatic N) is 1. The molecule has 0 fully saturated rings. The molecule has 0 aliphatic carbocycles. The number of hydrazone groups is 1. The Labute approximate surface area is 219 Å². The van der Waals surface area contributed by atoms with Crippen LogP contribution in [0.1, 0.15) is 36.6 Å². The molecule has 0 aromatic heterocycles. The molecule has 2 unspecified atom stereocenters. The quantitative estimate of drug-likeness (QED) is 0.358. The van der Waals surface area contributed by atoms with Gasteiger partial charge in [-0.3, -0.25) is 0 Å². The van der Waals surface area contributed by atoms with E-state index < -0.39 is 21.9 Å². The Hall–Kier alpha value is -2.85. The zero-order valence-corrected chi connectivity index (χ0v) is 21.8. The lowest BCUT2D eigenvalue weighted by molar-refractivity contribution is 0.340. The van der Waals surface area contributed by atoms with E-state index >= 15 is 0 Å². The third kappa shape index (κ3) is 5.75. The van der Waals surface area contributed by atoms with Gasteiger partial charge in [0.2, 0.25) is 10.0 Å². The number of sulfonamides is 1. The lowest BCUT2D eigenvalue weighted by atomic mass is 9.96. The molecular formula is C25H24Cl2FN3O4S. The number of ether oxygens (including phenoxy) is 2. The molecule has 0 radical (unpaired) electrons. The second-order valence-electron chi connectivity index (χ2n) is 8.01. The largest absolute Gasteiger partial charge is 0.494 e. The van der Waals surface area contributed by atoms with E-state index in [1.54, 1.807) is 12.1 Å². The molecule has 4 rings (SSSR count). The summed E-state index contributed by atoms with van der Waals surface area (Å²) in [5, 5.41) is 5.11. The van der Waals surface area contributed by atoms with Crippen LogP contribution in [0.3, 0.4) is 0 Å². The fraction of sp³-hybridized carbons (Fsp3) is 0.240. The minimum absolute atomic E-state index is 0.0613. The van der Waals surface area contributed by atoms with Gasteiger partial charge in [0.05, 0.1) is 36.4 Å². The Kier molecular flexibility index (Phi) is 8.04. The van der Waals surface area contributed by atoms with E-state index in [0.717, 1.165) is 17.4 Å².